The lowest BCUT2D eigenvalue weighted by atomic mass is 9.96. The molecule has 0 aliphatic carbocycles. The van der Waals surface area contributed by atoms with Crippen molar-refractivity contribution >= 4 is 23.8 Å². The van der Waals surface area contributed by atoms with E-state index in [2.05, 4.69) is 10.6 Å². The summed E-state index contributed by atoms with van der Waals surface area (Å²) < 4.78 is 0. The van der Waals surface area contributed by atoms with Crippen LogP contribution in [0, 0.1) is 5.92 Å². The van der Waals surface area contributed by atoms with Crippen LogP contribution >= 0.6 is 0 Å². The third-order valence-electron chi connectivity index (χ3n) is 3.66. The predicted molar refractivity (Wildman–Crippen MR) is 68.2 cm³/mol. The largest absolute Gasteiger partial charge is 0.351 e. The van der Waals surface area contributed by atoms with E-state index in [-0.39, 0.29) is 30.7 Å². The minimum Gasteiger partial charge on any atom is -0.351 e. The first kappa shape index (κ1) is 14.3. The van der Waals surface area contributed by atoms with Crippen LogP contribution in [0.15, 0.2) is 0 Å². The number of nitrogens with one attached hydrogen (secondary N) is 2. The minimum atomic E-state index is -0.677. The van der Waals surface area contributed by atoms with E-state index in [0.29, 0.717) is 25.8 Å². The molecule has 0 radical (unpaired) electrons. The molecule has 2 unspecified atom stereocenters. The van der Waals surface area contributed by atoms with Crippen LogP contribution in [0.2, 0.25) is 0 Å². The lowest BCUT2D eigenvalue weighted by Crippen LogP contribution is -2.55. The SMILES string of the molecule is NC(=O)N1CCCC(C(=O)NC2CCC(=O)NC2=O)C1. The van der Waals surface area contributed by atoms with Gasteiger partial charge in [-0.15, -0.1) is 0 Å². The van der Waals surface area contributed by atoms with E-state index in [1.54, 1.807) is 0 Å². The van der Waals surface area contributed by atoms with Crippen molar-refractivity contribution < 1.29 is 19.2 Å². The molecule has 2 saturated heterocycles. The maximum absolute atomic E-state index is 12.1. The Morgan fingerprint density at radius 2 is 2.05 bits per heavy atom. The summed E-state index contributed by atoms with van der Waals surface area (Å²) in [5.74, 6) is -1.43. The standard InChI is InChI=1S/C12H18N4O4/c13-12(20)16-5-1-2-7(6-16)10(18)14-8-3-4-9(17)15-11(8)19/h7-8H,1-6H2,(H2,13,20)(H,14,18)(H,15,17,19). The topological polar surface area (TPSA) is 122 Å². The number of piperidine rings is 2. The van der Waals surface area contributed by atoms with E-state index in [4.69, 9.17) is 5.73 Å². The molecule has 0 bridgehead atoms. The zero-order valence-electron chi connectivity index (χ0n) is 11.1. The van der Waals surface area contributed by atoms with Gasteiger partial charge in [0, 0.05) is 19.5 Å². The number of rotatable bonds is 2. The van der Waals surface area contributed by atoms with Crippen molar-refractivity contribution in [3.8, 4) is 0 Å². The number of imide groups is 1. The fraction of sp³-hybridized carbons (Fsp3) is 0.667. The number of urea groups is 1. The van der Waals surface area contributed by atoms with Crippen molar-refractivity contribution in [2.75, 3.05) is 13.1 Å². The molecule has 0 aromatic carbocycles. The molecular formula is C12H18N4O4. The first-order chi connectivity index (χ1) is 9.47. The fourth-order valence-electron chi connectivity index (χ4n) is 2.51. The summed E-state index contributed by atoms with van der Waals surface area (Å²) in [6.07, 6.45) is 1.89. The van der Waals surface area contributed by atoms with Crippen molar-refractivity contribution in [1.82, 2.24) is 15.5 Å². The highest BCUT2D eigenvalue weighted by Gasteiger charge is 2.32. The molecule has 2 atom stereocenters. The molecule has 2 fully saturated rings. The van der Waals surface area contributed by atoms with Gasteiger partial charge >= 0.3 is 6.03 Å². The van der Waals surface area contributed by atoms with E-state index in [1.165, 1.54) is 4.90 Å². The molecule has 5 amide bonds. The third kappa shape index (κ3) is 3.25. The number of nitrogens with two attached hydrogens (primary N) is 1. The number of carbonyl (C=O) groups excluding carboxylic acids is 4. The highest BCUT2D eigenvalue weighted by atomic mass is 16.2. The normalized spacial score (nSPS) is 26.9. The zero-order chi connectivity index (χ0) is 14.7. The van der Waals surface area contributed by atoms with E-state index in [0.717, 1.165) is 0 Å². The van der Waals surface area contributed by atoms with Crippen molar-refractivity contribution in [2.45, 2.75) is 31.7 Å². The monoisotopic (exact) mass is 282 g/mol. The Bertz CT molecular complexity index is 451. The molecule has 8 heteroatoms. The summed E-state index contributed by atoms with van der Waals surface area (Å²) >= 11 is 0. The van der Waals surface area contributed by atoms with Crippen LogP contribution in [0.5, 0.6) is 0 Å². The van der Waals surface area contributed by atoms with Crippen LogP contribution < -0.4 is 16.4 Å². The molecule has 2 heterocycles. The van der Waals surface area contributed by atoms with Gasteiger partial charge in [-0.2, -0.15) is 0 Å². The molecule has 4 N–H and O–H groups in total. The van der Waals surface area contributed by atoms with Crippen molar-refractivity contribution in [2.24, 2.45) is 11.7 Å². The molecule has 0 spiro atoms. The second kappa shape index (κ2) is 5.89. The first-order valence-electron chi connectivity index (χ1n) is 6.66. The highest BCUT2D eigenvalue weighted by Crippen LogP contribution is 2.17. The Labute approximate surface area is 116 Å². The van der Waals surface area contributed by atoms with Gasteiger partial charge in [-0.25, -0.2) is 4.79 Å². The maximum atomic E-state index is 12.1. The molecular weight excluding hydrogens is 264 g/mol. The van der Waals surface area contributed by atoms with Gasteiger partial charge in [0.1, 0.15) is 6.04 Å². The van der Waals surface area contributed by atoms with E-state index in [9.17, 15) is 19.2 Å². The third-order valence-corrected chi connectivity index (χ3v) is 3.66. The summed E-state index contributed by atoms with van der Waals surface area (Å²) in [4.78, 5) is 47.2. The predicted octanol–water partition coefficient (Wildman–Crippen LogP) is -1.30. The van der Waals surface area contributed by atoms with Gasteiger partial charge in [-0.1, -0.05) is 0 Å². The van der Waals surface area contributed by atoms with Gasteiger partial charge in [0.15, 0.2) is 0 Å². The zero-order valence-corrected chi connectivity index (χ0v) is 11.1. The van der Waals surface area contributed by atoms with E-state index < -0.39 is 18.0 Å². The molecule has 0 aromatic rings. The number of likely N-dealkylation sites (tertiary alicyclic amines) is 1. The van der Waals surface area contributed by atoms with Crippen molar-refractivity contribution in [1.29, 1.82) is 0 Å². The second-order valence-electron chi connectivity index (χ2n) is 5.14. The van der Waals surface area contributed by atoms with Crippen LogP contribution in [-0.4, -0.2) is 47.8 Å². The summed E-state index contributed by atoms with van der Waals surface area (Å²) in [7, 11) is 0. The lowest BCUT2D eigenvalue weighted by molar-refractivity contribution is -0.138. The van der Waals surface area contributed by atoms with Gasteiger partial charge in [0.2, 0.25) is 17.7 Å². The molecule has 2 rings (SSSR count). The van der Waals surface area contributed by atoms with Crippen LogP contribution in [0.1, 0.15) is 25.7 Å². The lowest BCUT2D eigenvalue weighted by Gasteiger charge is -2.32. The van der Waals surface area contributed by atoms with Crippen molar-refractivity contribution in [3.05, 3.63) is 0 Å². The quantitative estimate of drug-likeness (QED) is 0.545. The summed E-state index contributed by atoms with van der Waals surface area (Å²) in [5, 5.41) is 4.82. The average Bonchev–Trinajstić information content (AvgIpc) is 2.42. The van der Waals surface area contributed by atoms with Gasteiger partial charge < -0.3 is 16.0 Å². The number of hydrogen-bond donors (Lipinski definition) is 3. The van der Waals surface area contributed by atoms with Gasteiger partial charge in [-0.05, 0) is 19.3 Å². The molecule has 0 aromatic heterocycles. The Hall–Kier alpha value is -2.12. The van der Waals surface area contributed by atoms with Gasteiger partial charge in [0.05, 0.1) is 5.92 Å². The van der Waals surface area contributed by atoms with Crippen LogP contribution in [0.3, 0.4) is 0 Å². The van der Waals surface area contributed by atoms with Crippen LogP contribution in [0.25, 0.3) is 0 Å². The molecule has 20 heavy (non-hydrogen) atoms. The highest BCUT2D eigenvalue weighted by molar-refractivity contribution is 6.01. The minimum absolute atomic E-state index is 0.217. The van der Waals surface area contributed by atoms with Crippen LogP contribution in [-0.2, 0) is 14.4 Å². The van der Waals surface area contributed by atoms with E-state index in [1.807, 2.05) is 0 Å². The molecule has 8 nitrogen and oxygen atoms in total. The Kier molecular flexibility index (Phi) is 4.21. The van der Waals surface area contributed by atoms with Gasteiger partial charge in [0.25, 0.3) is 0 Å². The first-order valence-corrected chi connectivity index (χ1v) is 6.66. The summed E-state index contributed by atoms with van der Waals surface area (Å²) in [6.45, 7) is 0.825. The maximum Gasteiger partial charge on any atom is 0.314 e. The average molecular weight is 282 g/mol. The molecule has 2 aliphatic heterocycles. The smallest absolute Gasteiger partial charge is 0.314 e. The number of primary amides is 1. The Morgan fingerprint density at radius 1 is 1.30 bits per heavy atom. The number of carbonyl (C=O) groups is 4. The van der Waals surface area contributed by atoms with Gasteiger partial charge in [-0.3, -0.25) is 19.7 Å². The summed E-state index contributed by atoms with van der Waals surface area (Å²) in [5.41, 5.74) is 5.20. The van der Waals surface area contributed by atoms with Crippen molar-refractivity contribution in [3.63, 3.8) is 0 Å². The number of nitrogens with zero attached hydrogens (tertiary/aromatic N) is 1. The summed E-state index contributed by atoms with van der Waals surface area (Å²) in [6, 6.07) is -1.22. The molecule has 2 aliphatic rings. The number of amides is 5. The van der Waals surface area contributed by atoms with Crippen LogP contribution in [0.4, 0.5) is 4.79 Å². The molecule has 0 saturated carbocycles. The second-order valence-corrected chi connectivity index (χ2v) is 5.14. The Morgan fingerprint density at radius 3 is 2.70 bits per heavy atom. The number of hydrogen-bond acceptors (Lipinski definition) is 4. The van der Waals surface area contributed by atoms with E-state index >= 15 is 0 Å². The fourth-order valence-corrected chi connectivity index (χ4v) is 2.51. The Balaban J connectivity index is 1.89. The molecule has 110 valence electrons.